The molecular formula is C16H19N3. The van der Waals surface area contributed by atoms with Crippen molar-refractivity contribution in [2.75, 3.05) is 12.4 Å². The number of rotatable bonds is 3. The average Bonchev–Trinajstić information content (AvgIpc) is 3.24. The van der Waals surface area contributed by atoms with Crippen LogP contribution in [0.2, 0.25) is 0 Å². The first kappa shape index (κ1) is 12.2. The van der Waals surface area contributed by atoms with Crippen molar-refractivity contribution in [2.24, 2.45) is 0 Å². The van der Waals surface area contributed by atoms with E-state index in [1.807, 2.05) is 7.05 Å². The summed E-state index contributed by atoms with van der Waals surface area (Å²) in [7, 11) is 1.92. The molecule has 3 nitrogen and oxygen atoms in total. The second-order valence-corrected chi connectivity index (χ2v) is 5.30. The van der Waals surface area contributed by atoms with Gasteiger partial charge in [-0.2, -0.15) is 0 Å². The van der Waals surface area contributed by atoms with Crippen molar-refractivity contribution >= 4 is 5.82 Å². The van der Waals surface area contributed by atoms with Crippen molar-refractivity contribution in [3.05, 3.63) is 53.0 Å². The molecule has 0 bridgehead atoms. The minimum absolute atomic E-state index is 0.0469. The molecule has 0 aliphatic heterocycles. The van der Waals surface area contributed by atoms with Crippen LogP contribution in [0, 0.1) is 13.8 Å². The average molecular weight is 253 g/mol. The molecule has 0 saturated heterocycles. The van der Waals surface area contributed by atoms with Crippen LogP contribution in [0.25, 0.3) is 0 Å². The highest BCUT2D eigenvalue weighted by molar-refractivity contribution is 5.48. The van der Waals surface area contributed by atoms with Crippen LogP contribution >= 0.6 is 0 Å². The molecule has 1 aliphatic carbocycles. The number of hydrogen-bond donors (Lipinski definition) is 1. The molecule has 98 valence electrons. The Labute approximate surface area is 114 Å². The van der Waals surface area contributed by atoms with E-state index in [1.54, 1.807) is 0 Å². The van der Waals surface area contributed by atoms with E-state index in [-0.39, 0.29) is 5.41 Å². The van der Waals surface area contributed by atoms with E-state index in [0.29, 0.717) is 0 Å². The normalized spacial score (nSPS) is 16.2. The molecule has 2 aromatic rings. The minimum atomic E-state index is 0.0469. The molecule has 0 radical (unpaired) electrons. The molecule has 1 fully saturated rings. The minimum Gasteiger partial charge on any atom is -0.373 e. The molecule has 1 aromatic carbocycles. The van der Waals surface area contributed by atoms with Gasteiger partial charge in [0.25, 0.3) is 0 Å². The maximum Gasteiger partial charge on any atom is 0.141 e. The molecule has 1 aromatic heterocycles. The second kappa shape index (κ2) is 4.34. The van der Waals surface area contributed by atoms with Gasteiger partial charge in [0.05, 0.1) is 5.41 Å². The maximum absolute atomic E-state index is 4.74. The third-order valence-corrected chi connectivity index (χ3v) is 4.13. The smallest absolute Gasteiger partial charge is 0.141 e. The second-order valence-electron chi connectivity index (χ2n) is 5.30. The van der Waals surface area contributed by atoms with E-state index in [1.165, 1.54) is 5.56 Å². The maximum atomic E-state index is 4.74. The number of nitrogens with one attached hydrogen (secondary N) is 1. The van der Waals surface area contributed by atoms with Crippen molar-refractivity contribution in [2.45, 2.75) is 32.1 Å². The fourth-order valence-corrected chi connectivity index (χ4v) is 2.61. The lowest BCUT2D eigenvalue weighted by atomic mass is 9.95. The molecule has 3 rings (SSSR count). The summed E-state index contributed by atoms with van der Waals surface area (Å²) in [5, 5.41) is 3.18. The molecule has 0 atom stereocenters. The Bertz CT molecular complexity index is 601. The van der Waals surface area contributed by atoms with Crippen LogP contribution in [-0.4, -0.2) is 17.0 Å². The predicted molar refractivity (Wildman–Crippen MR) is 77.5 cm³/mol. The highest BCUT2D eigenvalue weighted by atomic mass is 15.0. The Balaban J connectivity index is 2.10. The zero-order valence-electron chi connectivity index (χ0n) is 11.7. The molecule has 0 unspecified atom stereocenters. The SMILES string of the molecule is CNc1nc(C2(c3ccccc3)CC2)nc(C)c1C. The lowest BCUT2D eigenvalue weighted by Crippen LogP contribution is -2.16. The summed E-state index contributed by atoms with van der Waals surface area (Å²) in [5.74, 6) is 1.91. The lowest BCUT2D eigenvalue weighted by Gasteiger charge is -2.17. The van der Waals surface area contributed by atoms with Gasteiger partial charge in [-0.3, -0.25) is 0 Å². The van der Waals surface area contributed by atoms with E-state index < -0.39 is 0 Å². The van der Waals surface area contributed by atoms with Gasteiger partial charge >= 0.3 is 0 Å². The largest absolute Gasteiger partial charge is 0.373 e. The standard InChI is InChI=1S/C16H19N3/c1-11-12(2)18-15(19-14(11)17-3)16(9-10-16)13-7-5-4-6-8-13/h4-8H,9-10H2,1-3H3,(H,17,18,19). The first-order valence-electron chi connectivity index (χ1n) is 6.76. The van der Waals surface area contributed by atoms with Crippen LogP contribution in [0.1, 0.15) is 35.5 Å². The highest BCUT2D eigenvalue weighted by Gasteiger charge is 2.48. The van der Waals surface area contributed by atoms with Crippen LogP contribution in [-0.2, 0) is 5.41 Å². The molecule has 0 spiro atoms. The third-order valence-electron chi connectivity index (χ3n) is 4.13. The van der Waals surface area contributed by atoms with E-state index in [0.717, 1.165) is 35.7 Å². The fourth-order valence-electron chi connectivity index (χ4n) is 2.61. The Kier molecular flexibility index (Phi) is 2.77. The first-order chi connectivity index (χ1) is 9.17. The van der Waals surface area contributed by atoms with Gasteiger partial charge in [0.1, 0.15) is 11.6 Å². The van der Waals surface area contributed by atoms with Crippen molar-refractivity contribution < 1.29 is 0 Å². The van der Waals surface area contributed by atoms with Crippen LogP contribution in [0.4, 0.5) is 5.82 Å². The Hall–Kier alpha value is -1.90. The molecule has 1 aliphatic rings. The third kappa shape index (κ3) is 1.89. The fraction of sp³-hybridized carbons (Fsp3) is 0.375. The van der Waals surface area contributed by atoms with Gasteiger partial charge in [0.2, 0.25) is 0 Å². The van der Waals surface area contributed by atoms with Gasteiger partial charge in [-0.1, -0.05) is 30.3 Å². The first-order valence-corrected chi connectivity index (χ1v) is 6.76. The van der Waals surface area contributed by atoms with Gasteiger partial charge in [-0.15, -0.1) is 0 Å². The Morgan fingerprint density at radius 2 is 1.74 bits per heavy atom. The van der Waals surface area contributed by atoms with Crippen molar-refractivity contribution in [1.82, 2.24) is 9.97 Å². The van der Waals surface area contributed by atoms with Crippen molar-refractivity contribution in [3.63, 3.8) is 0 Å². The summed E-state index contributed by atoms with van der Waals surface area (Å²) in [5.41, 5.74) is 3.58. The van der Waals surface area contributed by atoms with Gasteiger partial charge in [-0.25, -0.2) is 9.97 Å². The molecule has 1 heterocycles. The van der Waals surface area contributed by atoms with Crippen LogP contribution < -0.4 is 5.32 Å². The molecule has 3 heteroatoms. The quantitative estimate of drug-likeness (QED) is 0.912. The summed E-state index contributed by atoms with van der Waals surface area (Å²) in [4.78, 5) is 9.48. The number of aryl methyl sites for hydroxylation is 1. The van der Waals surface area contributed by atoms with E-state index >= 15 is 0 Å². The number of hydrogen-bond acceptors (Lipinski definition) is 3. The highest BCUT2D eigenvalue weighted by Crippen LogP contribution is 2.52. The number of nitrogens with zero attached hydrogens (tertiary/aromatic N) is 2. The van der Waals surface area contributed by atoms with E-state index in [4.69, 9.17) is 9.97 Å². The topological polar surface area (TPSA) is 37.8 Å². The summed E-state index contributed by atoms with van der Waals surface area (Å²) >= 11 is 0. The Morgan fingerprint density at radius 1 is 1.05 bits per heavy atom. The molecule has 0 amide bonds. The van der Waals surface area contributed by atoms with E-state index in [2.05, 4.69) is 49.5 Å². The molecule has 1 saturated carbocycles. The van der Waals surface area contributed by atoms with Gasteiger partial charge < -0.3 is 5.32 Å². The van der Waals surface area contributed by atoms with E-state index in [9.17, 15) is 0 Å². The summed E-state index contributed by atoms with van der Waals surface area (Å²) < 4.78 is 0. The van der Waals surface area contributed by atoms with Crippen molar-refractivity contribution in [1.29, 1.82) is 0 Å². The van der Waals surface area contributed by atoms with Crippen molar-refractivity contribution in [3.8, 4) is 0 Å². The molecular weight excluding hydrogens is 234 g/mol. The van der Waals surface area contributed by atoms with Gasteiger partial charge in [0, 0.05) is 18.3 Å². The predicted octanol–water partition coefficient (Wildman–Crippen LogP) is 3.22. The zero-order chi connectivity index (χ0) is 13.5. The number of benzene rings is 1. The zero-order valence-corrected chi connectivity index (χ0v) is 11.7. The molecule has 19 heavy (non-hydrogen) atoms. The summed E-state index contributed by atoms with van der Waals surface area (Å²) in [6.07, 6.45) is 2.28. The summed E-state index contributed by atoms with van der Waals surface area (Å²) in [6, 6.07) is 10.6. The van der Waals surface area contributed by atoms with Gasteiger partial charge in [0.15, 0.2) is 0 Å². The molecule has 1 N–H and O–H groups in total. The van der Waals surface area contributed by atoms with Crippen LogP contribution in [0.5, 0.6) is 0 Å². The number of anilines is 1. The lowest BCUT2D eigenvalue weighted by molar-refractivity contribution is 0.746. The Morgan fingerprint density at radius 3 is 2.32 bits per heavy atom. The number of aromatic nitrogens is 2. The van der Waals surface area contributed by atoms with Crippen LogP contribution in [0.15, 0.2) is 30.3 Å². The monoisotopic (exact) mass is 253 g/mol. The van der Waals surface area contributed by atoms with Gasteiger partial charge in [-0.05, 0) is 32.3 Å². The van der Waals surface area contributed by atoms with Crippen LogP contribution in [0.3, 0.4) is 0 Å². The summed E-state index contributed by atoms with van der Waals surface area (Å²) in [6.45, 7) is 4.12.